The zero-order valence-corrected chi connectivity index (χ0v) is 11.1. The summed E-state index contributed by atoms with van der Waals surface area (Å²) in [5.41, 5.74) is 0.638. The molecule has 0 radical (unpaired) electrons. The molecule has 1 aliphatic rings. The first-order chi connectivity index (χ1) is 7.58. The molecule has 2 rings (SSSR count). The largest absolute Gasteiger partial charge is 0.328 e. The molecule has 1 N–H and O–H groups in total. The second kappa shape index (κ2) is 4.58. The molecule has 1 fully saturated rings. The number of rotatable bonds is 1. The minimum absolute atomic E-state index is 0.247. The van der Waals surface area contributed by atoms with E-state index < -0.39 is 6.03 Å². The van der Waals surface area contributed by atoms with E-state index in [0.29, 0.717) is 23.7 Å². The van der Waals surface area contributed by atoms with Crippen molar-refractivity contribution in [3.8, 4) is 0 Å². The van der Waals surface area contributed by atoms with Gasteiger partial charge in [-0.2, -0.15) is 0 Å². The number of hydrogen-bond acceptors (Lipinski definition) is 2. The average molecular weight is 351 g/mol. The molecule has 3 amide bonds. The minimum atomic E-state index is -0.417. The highest BCUT2D eigenvalue weighted by Gasteiger charge is 2.25. The van der Waals surface area contributed by atoms with Crippen LogP contribution in [0.3, 0.4) is 0 Å². The molecule has 6 heteroatoms. The van der Waals surface area contributed by atoms with Crippen LogP contribution < -0.4 is 10.2 Å². The van der Waals surface area contributed by atoms with Crippen LogP contribution in [0.15, 0.2) is 18.2 Å². The van der Waals surface area contributed by atoms with Crippen molar-refractivity contribution >= 4 is 51.8 Å². The zero-order chi connectivity index (χ0) is 11.7. The van der Waals surface area contributed by atoms with Gasteiger partial charge in [0, 0.05) is 16.5 Å². The van der Waals surface area contributed by atoms with Crippen molar-refractivity contribution < 1.29 is 9.59 Å². The van der Waals surface area contributed by atoms with Crippen molar-refractivity contribution in [1.82, 2.24) is 5.32 Å². The Morgan fingerprint density at radius 1 is 1.38 bits per heavy atom. The summed E-state index contributed by atoms with van der Waals surface area (Å²) in [6, 6.07) is 5.00. The molecule has 4 nitrogen and oxygen atoms in total. The predicted molar refractivity (Wildman–Crippen MR) is 69.7 cm³/mol. The van der Waals surface area contributed by atoms with Gasteiger partial charge < -0.3 is 0 Å². The first-order valence-corrected chi connectivity index (χ1v) is 6.10. The number of imide groups is 1. The van der Waals surface area contributed by atoms with E-state index in [-0.39, 0.29) is 5.91 Å². The summed E-state index contributed by atoms with van der Waals surface area (Å²) in [4.78, 5) is 24.1. The third kappa shape index (κ3) is 2.30. The number of carbonyl (C=O) groups excluding carboxylic acids is 2. The smallest absolute Gasteiger partial charge is 0.292 e. The fourth-order valence-corrected chi connectivity index (χ4v) is 2.18. The van der Waals surface area contributed by atoms with Crippen LogP contribution in [0.2, 0.25) is 5.02 Å². The lowest BCUT2D eigenvalue weighted by molar-refractivity contribution is -0.120. The molecule has 0 unspecified atom stereocenters. The third-order valence-electron chi connectivity index (χ3n) is 2.25. The lowest BCUT2D eigenvalue weighted by atomic mass is 10.2. The summed E-state index contributed by atoms with van der Waals surface area (Å²) in [7, 11) is 0. The minimum Gasteiger partial charge on any atom is -0.292 e. The summed E-state index contributed by atoms with van der Waals surface area (Å²) >= 11 is 8.17. The molecule has 1 aliphatic heterocycles. The Kier molecular flexibility index (Phi) is 3.34. The Labute approximate surface area is 111 Å². The van der Waals surface area contributed by atoms with E-state index in [1.165, 1.54) is 4.90 Å². The number of anilines is 1. The van der Waals surface area contributed by atoms with Crippen LogP contribution in [0.25, 0.3) is 0 Å². The van der Waals surface area contributed by atoms with Gasteiger partial charge in [-0.25, -0.2) is 4.79 Å². The van der Waals surface area contributed by atoms with E-state index in [1.807, 2.05) is 12.1 Å². The summed E-state index contributed by atoms with van der Waals surface area (Å²) < 4.78 is 0.988. The Balaban J connectivity index is 2.33. The maximum atomic E-state index is 11.6. The summed E-state index contributed by atoms with van der Waals surface area (Å²) in [6.07, 6.45) is 0.299. The van der Waals surface area contributed by atoms with Crippen LogP contribution in [-0.4, -0.2) is 18.5 Å². The molecule has 0 saturated carbocycles. The van der Waals surface area contributed by atoms with E-state index in [0.717, 1.165) is 3.57 Å². The van der Waals surface area contributed by atoms with E-state index in [4.69, 9.17) is 11.6 Å². The molecule has 1 saturated heterocycles. The van der Waals surface area contributed by atoms with Gasteiger partial charge in [0.25, 0.3) is 0 Å². The first kappa shape index (κ1) is 11.7. The van der Waals surface area contributed by atoms with E-state index in [2.05, 4.69) is 27.9 Å². The highest BCUT2D eigenvalue weighted by atomic mass is 127. The van der Waals surface area contributed by atoms with Crippen molar-refractivity contribution in [3.05, 3.63) is 26.8 Å². The zero-order valence-electron chi connectivity index (χ0n) is 8.17. The molecule has 1 heterocycles. The van der Waals surface area contributed by atoms with E-state index >= 15 is 0 Å². The molecule has 1 aromatic carbocycles. The van der Waals surface area contributed by atoms with E-state index in [1.54, 1.807) is 6.07 Å². The Hall–Kier alpha value is -0.820. The van der Waals surface area contributed by atoms with Crippen LogP contribution in [0.5, 0.6) is 0 Å². The maximum Gasteiger partial charge on any atom is 0.328 e. The van der Waals surface area contributed by atoms with Crippen molar-refractivity contribution in [2.45, 2.75) is 6.42 Å². The number of amides is 3. The molecule has 0 atom stereocenters. The van der Waals surface area contributed by atoms with Crippen molar-refractivity contribution in [3.63, 3.8) is 0 Å². The van der Waals surface area contributed by atoms with Crippen LogP contribution >= 0.6 is 34.2 Å². The van der Waals surface area contributed by atoms with Crippen molar-refractivity contribution in [1.29, 1.82) is 0 Å². The monoisotopic (exact) mass is 350 g/mol. The van der Waals surface area contributed by atoms with Crippen LogP contribution in [0.1, 0.15) is 6.42 Å². The van der Waals surface area contributed by atoms with Gasteiger partial charge in [0.15, 0.2) is 0 Å². The average Bonchev–Trinajstić information content (AvgIpc) is 2.22. The molecule has 16 heavy (non-hydrogen) atoms. The highest BCUT2D eigenvalue weighted by Crippen LogP contribution is 2.28. The number of carbonyl (C=O) groups is 2. The molecule has 0 aliphatic carbocycles. The topological polar surface area (TPSA) is 49.4 Å². The Morgan fingerprint density at radius 3 is 2.81 bits per heavy atom. The lowest BCUT2D eigenvalue weighted by Crippen LogP contribution is -2.49. The molecule has 0 bridgehead atoms. The molecule has 0 spiro atoms. The standard InChI is InChI=1S/C10H8ClIN2O2/c11-7-2-1-6(12)5-8(7)14-4-3-9(15)13-10(14)16/h1-2,5H,3-4H2,(H,13,15,16). The Bertz CT molecular complexity index is 464. The third-order valence-corrected chi connectivity index (χ3v) is 3.24. The maximum absolute atomic E-state index is 11.6. The molecule has 0 aromatic heterocycles. The van der Waals surface area contributed by atoms with Gasteiger partial charge in [0.1, 0.15) is 0 Å². The van der Waals surface area contributed by atoms with Crippen LogP contribution in [0.4, 0.5) is 10.5 Å². The second-order valence-electron chi connectivity index (χ2n) is 3.35. The quantitative estimate of drug-likeness (QED) is 0.791. The van der Waals surface area contributed by atoms with E-state index in [9.17, 15) is 9.59 Å². The van der Waals surface area contributed by atoms with Gasteiger partial charge in [-0.1, -0.05) is 11.6 Å². The lowest BCUT2D eigenvalue weighted by Gasteiger charge is -2.27. The number of nitrogens with zero attached hydrogens (tertiary/aromatic N) is 1. The number of halogens is 2. The SMILES string of the molecule is O=C1CCN(c2cc(I)ccc2Cl)C(=O)N1. The van der Waals surface area contributed by atoms with Gasteiger partial charge in [-0.3, -0.25) is 15.0 Å². The molecular formula is C10H8ClIN2O2. The Morgan fingerprint density at radius 2 is 2.12 bits per heavy atom. The molecule has 1 aromatic rings. The number of benzene rings is 1. The summed E-state index contributed by atoms with van der Waals surface area (Å²) in [6.45, 7) is 0.366. The molecule has 84 valence electrons. The molecular weight excluding hydrogens is 342 g/mol. The van der Waals surface area contributed by atoms with Crippen molar-refractivity contribution in [2.75, 3.05) is 11.4 Å². The van der Waals surface area contributed by atoms with Crippen LogP contribution in [-0.2, 0) is 4.79 Å². The summed E-state index contributed by atoms with van der Waals surface area (Å²) in [5.74, 6) is -0.247. The fourth-order valence-electron chi connectivity index (χ4n) is 1.49. The van der Waals surface area contributed by atoms with Crippen LogP contribution in [0, 0.1) is 3.57 Å². The normalized spacial score (nSPS) is 16.2. The first-order valence-electron chi connectivity index (χ1n) is 4.64. The number of nitrogens with one attached hydrogen (secondary N) is 1. The fraction of sp³-hybridized carbons (Fsp3) is 0.200. The van der Waals surface area contributed by atoms with Crippen molar-refractivity contribution in [2.24, 2.45) is 0 Å². The van der Waals surface area contributed by atoms with Gasteiger partial charge >= 0.3 is 6.03 Å². The number of urea groups is 1. The van der Waals surface area contributed by atoms with Gasteiger partial charge in [-0.05, 0) is 40.8 Å². The van der Waals surface area contributed by atoms with Gasteiger partial charge in [0.2, 0.25) is 5.91 Å². The van der Waals surface area contributed by atoms with Gasteiger partial charge in [0.05, 0.1) is 10.7 Å². The second-order valence-corrected chi connectivity index (χ2v) is 5.00. The summed E-state index contributed by atoms with van der Waals surface area (Å²) in [5, 5.41) is 2.77. The predicted octanol–water partition coefficient (Wildman–Crippen LogP) is 2.39. The van der Waals surface area contributed by atoms with Gasteiger partial charge in [-0.15, -0.1) is 0 Å². The highest BCUT2D eigenvalue weighted by molar-refractivity contribution is 14.1. The number of hydrogen-bond donors (Lipinski definition) is 1.